The standard InChI is InChI=1S/C16H21F3N2O3/c17-12-7-11(8-13(18)14(12)19)1-4-20-15(23)21-9-16(10-22)2-5-24-6-3-16/h7-8,22H,1-6,9-10H2,(H2,20,21,23). The van der Waals surface area contributed by atoms with E-state index in [0.717, 1.165) is 12.1 Å². The Morgan fingerprint density at radius 2 is 1.79 bits per heavy atom. The number of ether oxygens (including phenoxy) is 1. The molecule has 8 heteroatoms. The summed E-state index contributed by atoms with van der Waals surface area (Å²) in [6.45, 7) is 1.52. The zero-order valence-electron chi connectivity index (χ0n) is 13.2. The van der Waals surface area contributed by atoms with Gasteiger partial charge in [-0.25, -0.2) is 18.0 Å². The largest absolute Gasteiger partial charge is 0.396 e. The Bertz CT molecular complexity index is 555. The molecule has 5 nitrogen and oxygen atoms in total. The lowest BCUT2D eigenvalue weighted by atomic mass is 9.81. The third kappa shape index (κ3) is 4.85. The fraction of sp³-hybridized carbons (Fsp3) is 0.562. The summed E-state index contributed by atoms with van der Waals surface area (Å²) in [7, 11) is 0. The molecule has 2 amide bonds. The zero-order chi connectivity index (χ0) is 17.6. The van der Waals surface area contributed by atoms with Crippen LogP contribution in [-0.2, 0) is 11.2 Å². The van der Waals surface area contributed by atoms with Gasteiger partial charge < -0.3 is 20.5 Å². The van der Waals surface area contributed by atoms with E-state index in [1.165, 1.54) is 0 Å². The highest BCUT2D eigenvalue weighted by Gasteiger charge is 2.32. The van der Waals surface area contributed by atoms with Gasteiger partial charge in [-0.15, -0.1) is 0 Å². The van der Waals surface area contributed by atoms with Crippen LogP contribution < -0.4 is 10.6 Å². The Morgan fingerprint density at radius 3 is 2.38 bits per heavy atom. The molecular formula is C16H21F3N2O3. The van der Waals surface area contributed by atoms with Crippen LogP contribution in [0.1, 0.15) is 18.4 Å². The van der Waals surface area contributed by atoms with E-state index in [4.69, 9.17) is 4.74 Å². The fourth-order valence-electron chi connectivity index (χ4n) is 2.60. The fourth-order valence-corrected chi connectivity index (χ4v) is 2.60. The molecule has 0 bridgehead atoms. The van der Waals surface area contributed by atoms with Crippen molar-refractivity contribution in [1.82, 2.24) is 10.6 Å². The van der Waals surface area contributed by atoms with Gasteiger partial charge in [0.15, 0.2) is 17.5 Å². The van der Waals surface area contributed by atoms with Gasteiger partial charge >= 0.3 is 6.03 Å². The Balaban J connectivity index is 1.75. The maximum atomic E-state index is 13.1. The maximum Gasteiger partial charge on any atom is 0.314 e. The van der Waals surface area contributed by atoms with Crippen molar-refractivity contribution in [3.63, 3.8) is 0 Å². The summed E-state index contributed by atoms with van der Waals surface area (Å²) in [6, 6.07) is 1.37. The number of nitrogens with one attached hydrogen (secondary N) is 2. The van der Waals surface area contributed by atoms with Crippen molar-refractivity contribution in [2.75, 3.05) is 32.9 Å². The van der Waals surface area contributed by atoms with Gasteiger partial charge in [-0.2, -0.15) is 0 Å². The summed E-state index contributed by atoms with van der Waals surface area (Å²) in [6.07, 6.45) is 1.50. The molecule has 0 aromatic heterocycles. The highest BCUT2D eigenvalue weighted by atomic mass is 19.2. The van der Waals surface area contributed by atoms with E-state index in [9.17, 15) is 23.1 Å². The highest BCUT2D eigenvalue weighted by Crippen LogP contribution is 2.28. The Labute approximate surface area is 138 Å². The first kappa shape index (κ1) is 18.5. The molecule has 1 aliphatic heterocycles. The van der Waals surface area contributed by atoms with Crippen molar-refractivity contribution >= 4 is 6.03 Å². The quantitative estimate of drug-likeness (QED) is 0.687. The normalized spacial score (nSPS) is 16.7. The summed E-state index contributed by atoms with van der Waals surface area (Å²) in [5, 5.41) is 14.8. The number of carbonyl (C=O) groups excluding carboxylic acids is 1. The van der Waals surface area contributed by atoms with Crippen LogP contribution in [0.15, 0.2) is 12.1 Å². The number of urea groups is 1. The number of benzene rings is 1. The molecule has 1 saturated heterocycles. The van der Waals surface area contributed by atoms with E-state index in [0.29, 0.717) is 32.6 Å². The van der Waals surface area contributed by atoms with Gasteiger partial charge in [0.1, 0.15) is 0 Å². The minimum Gasteiger partial charge on any atom is -0.396 e. The number of aliphatic hydroxyl groups excluding tert-OH is 1. The van der Waals surface area contributed by atoms with Gasteiger partial charge in [-0.1, -0.05) is 0 Å². The molecule has 1 aromatic rings. The first-order chi connectivity index (χ1) is 11.5. The van der Waals surface area contributed by atoms with Crippen molar-refractivity contribution in [2.45, 2.75) is 19.3 Å². The van der Waals surface area contributed by atoms with E-state index in [1.807, 2.05) is 0 Å². The molecule has 0 atom stereocenters. The molecule has 2 rings (SSSR count). The third-order valence-corrected chi connectivity index (χ3v) is 4.26. The second-order valence-electron chi connectivity index (χ2n) is 6.00. The topological polar surface area (TPSA) is 70.6 Å². The van der Waals surface area contributed by atoms with Crippen LogP contribution in [0.3, 0.4) is 0 Å². The van der Waals surface area contributed by atoms with Crippen LogP contribution in [0.5, 0.6) is 0 Å². The van der Waals surface area contributed by atoms with Crippen LogP contribution in [0.25, 0.3) is 0 Å². The van der Waals surface area contributed by atoms with Gasteiger partial charge in [0.2, 0.25) is 0 Å². The summed E-state index contributed by atoms with van der Waals surface area (Å²) >= 11 is 0. The molecule has 1 aliphatic rings. The SMILES string of the molecule is O=C(NCCc1cc(F)c(F)c(F)c1)NCC1(CO)CCOCC1. The number of amides is 2. The lowest BCUT2D eigenvalue weighted by molar-refractivity contribution is -0.0138. The van der Waals surface area contributed by atoms with Crippen molar-refractivity contribution in [3.8, 4) is 0 Å². The smallest absolute Gasteiger partial charge is 0.314 e. The van der Waals surface area contributed by atoms with Gasteiger partial charge in [-0.05, 0) is 37.0 Å². The highest BCUT2D eigenvalue weighted by molar-refractivity contribution is 5.73. The predicted octanol–water partition coefficient (Wildman–Crippen LogP) is 1.73. The Morgan fingerprint density at radius 1 is 1.17 bits per heavy atom. The average Bonchev–Trinajstić information content (AvgIpc) is 2.58. The van der Waals surface area contributed by atoms with Crippen molar-refractivity contribution < 1.29 is 27.8 Å². The average molecular weight is 346 g/mol. The number of halogens is 3. The van der Waals surface area contributed by atoms with E-state index < -0.39 is 23.5 Å². The van der Waals surface area contributed by atoms with Gasteiger partial charge in [0, 0.05) is 31.7 Å². The predicted molar refractivity (Wildman–Crippen MR) is 81.0 cm³/mol. The van der Waals surface area contributed by atoms with Gasteiger partial charge in [0.25, 0.3) is 0 Å². The van der Waals surface area contributed by atoms with Crippen LogP contribution in [0.2, 0.25) is 0 Å². The van der Waals surface area contributed by atoms with Crippen LogP contribution in [0.4, 0.5) is 18.0 Å². The zero-order valence-corrected chi connectivity index (χ0v) is 13.2. The van der Waals surface area contributed by atoms with Crippen molar-refractivity contribution in [2.24, 2.45) is 5.41 Å². The molecule has 0 aliphatic carbocycles. The minimum absolute atomic E-state index is 0.0369. The summed E-state index contributed by atoms with van der Waals surface area (Å²) in [5.74, 6) is -4.01. The lowest BCUT2D eigenvalue weighted by Crippen LogP contribution is -2.47. The minimum atomic E-state index is -1.50. The molecule has 0 unspecified atom stereocenters. The molecule has 1 aromatic carbocycles. The summed E-state index contributed by atoms with van der Waals surface area (Å²) in [4.78, 5) is 11.8. The number of hydrogen-bond donors (Lipinski definition) is 3. The number of aliphatic hydroxyl groups is 1. The third-order valence-electron chi connectivity index (χ3n) is 4.26. The monoisotopic (exact) mass is 346 g/mol. The molecule has 1 fully saturated rings. The summed E-state index contributed by atoms with van der Waals surface area (Å²) in [5.41, 5.74) is -0.123. The maximum absolute atomic E-state index is 13.1. The molecule has 0 radical (unpaired) electrons. The van der Waals surface area contributed by atoms with E-state index in [-0.39, 0.29) is 30.6 Å². The Kier molecular flexibility index (Phi) is 6.44. The molecule has 24 heavy (non-hydrogen) atoms. The first-order valence-electron chi connectivity index (χ1n) is 7.79. The number of carbonyl (C=O) groups is 1. The van der Waals surface area contributed by atoms with Crippen LogP contribution >= 0.6 is 0 Å². The van der Waals surface area contributed by atoms with Gasteiger partial charge in [-0.3, -0.25) is 0 Å². The number of rotatable bonds is 6. The first-order valence-corrected chi connectivity index (χ1v) is 7.79. The van der Waals surface area contributed by atoms with E-state index >= 15 is 0 Å². The van der Waals surface area contributed by atoms with Crippen molar-refractivity contribution in [1.29, 1.82) is 0 Å². The molecule has 134 valence electrons. The molecular weight excluding hydrogens is 325 g/mol. The van der Waals surface area contributed by atoms with Crippen LogP contribution in [0, 0.1) is 22.9 Å². The second-order valence-corrected chi connectivity index (χ2v) is 6.00. The Hall–Kier alpha value is -1.80. The summed E-state index contributed by atoms with van der Waals surface area (Å²) < 4.78 is 44.3. The molecule has 0 spiro atoms. The lowest BCUT2D eigenvalue weighted by Gasteiger charge is -2.35. The molecule has 0 saturated carbocycles. The van der Waals surface area contributed by atoms with Gasteiger partial charge in [0.05, 0.1) is 6.61 Å². The van der Waals surface area contributed by atoms with E-state index in [2.05, 4.69) is 10.6 Å². The molecule has 3 N–H and O–H groups in total. The molecule has 1 heterocycles. The number of hydrogen-bond acceptors (Lipinski definition) is 3. The second kappa shape index (κ2) is 8.34. The van der Waals surface area contributed by atoms with Crippen LogP contribution in [-0.4, -0.2) is 44.0 Å². The van der Waals surface area contributed by atoms with Crippen molar-refractivity contribution in [3.05, 3.63) is 35.1 Å². The van der Waals surface area contributed by atoms with E-state index in [1.54, 1.807) is 0 Å².